The number of methoxy groups -OCH3 is 1. The van der Waals surface area contributed by atoms with Crippen LogP contribution >= 0.6 is 0 Å². The first-order chi connectivity index (χ1) is 9.71. The highest BCUT2D eigenvalue weighted by Crippen LogP contribution is 2.27. The molecule has 21 heavy (non-hydrogen) atoms. The zero-order chi connectivity index (χ0) is 16.1. The minimum Gasteiger partial charge on any atom is -0.496 e. The summed E-state index contributed by atoms with van der Waals surface area (Å²) < 4.78 is 29.3. The lowest BCUT2D eigenvalue weighted by molar-refractivity contribution is 0.410. The summed E-state index contributed by atoms with van der Waals surface area (Å²) in [7, 11) is -1.66. The maximum Gasteiger partial charge on any atom is 0.159 e. The summed E-state index contributed by atoms with van der Waals surface area (Å²) in [6.45, 7) is 8.97. The van der Waals surface area contributed by atoms with Gasteiger partial charge in [-0.25, -0.2) is 8.42 Å². The molecule has 0 saturated heterocycles. The fraction of sp³-hybridized carbons (Fsp3) is 0.625. The van der Waals surface area contributed by atoms with Crippen LogP contribution in [0.5, 0.6) is 5.75 Å². The van der Waals surface area contributed by atoms with Crippen molar-refractivity contribution in [2.75, 3.05) is 13.7 Å². The molecule has 0 heterocycles. The van der Waals surface area contributed by atoms with Gasteiger partial charge in [0.15, 0.2) is 9.84 Å². The maximum atomic E-state index is 12.4. The molecule has 0 atom stereocenters. The third-order valence-electron chi connectivity index (χ3n) is 3.38. The summed E-state index contributed by atoms with van der Waals surface area (Å²) >= 11 is 0. The first-order valence-corrected chi connectivity index (χ1v) is 8.95. The standard InChI is InChI=1S/C16H27NO3S/c1-6-9-17-11-13-7-8-15(20-5)14(10-13)12-21(18,19)16(2,3)4/h7-8,10,17H,6,9,11-12H2,1-5H3. The van der Waals surface area contributed by atoms with Gasteiger partial charge >= 0.3 is 0 Å². The Morgan fingerprint density at radius 1 is 1.24 bits per heavy atom. The molecule has 1 rings (SSSR count). The summed E-state index contributed by atoms with van der Waals surface area (Å²) in [5.74, 6) is 0.628. The molecule has 0 aliphatic rings. The average Bonchev–Trinajstić information content (AvgIpc) is 2.37. The third kappa shape index (κ3) is 5.00. The van der Waals surface area contributed by atoms with Crippen LogP contribution in [-0.4, -0.2) is 26.8 Å². The maximum absolute atomic E-state index is 12.4. The van der Waals surface area contributed by atoms with Crippen molar-refractivity contribution in [3.05, 3.63) is 29.3 Å². The van der Waals surface area contributed by atoms with Crippen molar-refractivity contribution in [1.82, 2.24) is 5.32 Å². The van der Waals surface area contributed by atoms with Gasteiger partial charge in [-0.2, -0.15) is 0 Å². The molecule has 0 saturated carbocycles. The molecule has 0 spiro atoms. The van der Waals surface area contributed by atoms with Crippen molar-refractivity contribution in [2.45, 2.75) is 51.2 Å². The molecule has 4 nitrogen and oxygen atoms in total. The van der Waals surface area contributed by atoms with Gasteiger partial charge in [-0.15, -0.1) is 0 Å². The first-order valence-electron chi connectivity index (χ1n) is 7.30. The van der Waals surface area contributed by atoms with E-state index < -0.39 is 14.6 Å². The van der Waals surface area contributed by atoms with E-state index in [0.717, 1.165) is 30.6 Å². The molecule has 0 aliphatic carbocycles. The minimum absolute atomic E-state index is 0.00128. The zero-order valence-electron chi connectivity index (χ0n) is 13.7. The van der Waals surface area contributed by atoms with Crippen LogP contribution < -0.4 is 10.1 Å². The van der Waals surface area contributed by atoms with E-state index in [4.69, 9.17) is 4.74 Å². The van der Waals surface area contributed by atoms with Crippen LogP contribution in [-0.2, 0) is 22.1 Å². The second-order valence-corrected chi connectivity index (χ2v) is 8.94. The van der Waals surface area contributed by atoms with Crippen LogP contribution in [0.4, 0.5) is 0 Å². The molecular formula is C16H27NO3S. The molecule has 0 bridgehead atoms. The van der Waals surface area contributed by atoms with Gasteiger partial charge in [0.2, 0.25) is 0 Å². The molecule has 0 radical (unpaired) electrons. The van der Waals surface area contributed by atoms with Crippen LogP contribution in [0.25, 0.3) is 0 Å². The van der Waals surface area contributed by atoms with Crippen molar-refractivity contribution in [3.63, 3.8) is 0 Å². The van der Waals surface area contributed by atoms with Crippen molar-refractivity contribution in [2.24, 2.45) is 0 Å². The quantitative estimate of drug-likeness (QED) is 0.786. The number of nitrogens with one attached hydrogen (secondary N) is 1. The summed E-state index contributed by atoms with van der Waals surface area (Å²) in [6.07, 6.45) is 1.07. The summed E-state index contributed by atoms with van der Waals surface area (Å²) in [5, 5.41) is 3.32. The highest BCUT2D eigenvalue weighted by Gasteiger charge is 2.30. The van der Waals surface area contributed by atoms with Gasteiger partial charge in [0.05, 0.1) is 17.6 Å². The topological polar surface area (TPSA) is 55.4 Å². The average molecular weight is 313 g/mol. The Hall–Kier alpha value is -1.07. The molecule has 0 unspecified atom stereocenters. The van der Waals surface area contributed by atoms with Crippen LogP contribution in [0, 0.1) is 0 Å². The Morgan fingerprint density at radius 2 is 1.90 bits per heavy atom. The molecule has 0 aliphatic heterocycles. The zero-order valence-corrected chi connectivity index (χ0v) is 14.5. The predicted molar refractivity (Wildman–Crippen MR) is 87.4 cm³/mol. The van der Waals surface area contributed by atoms with Gasteiger partial charge in [0, 0.05) is 12.1 Å². The summed E-state index contributed by atoms with van der Waals surface area (Å²) in [5.41, 5.74) is 1.80. The summed E-state index contributed by atoms with van der Waals surface area (Å²) in [6, 6.07) is 5.73. The van der Waals surface area contributed by atoms with Gasteiger partial charge in [0.1, 0.15) is 5.75 Å². The lowest BCUT2D eigenvalue weighted by Gasteiger charge is -2.20. The second-order valence-electron chi connectivity index (χ2n) is 6.19. The molecule has 0 aromatic heterocycles. The van der Waals surface area contributed by atoms with E-state index in [1.807, 2.05) is 18.2 Å². The van der Waals surface area contributed by atoms with Crippen LogP contribution in [0.3, 0.4) is 0 Å². The highest BCUT2D eigenvalue weighted by atomic mass is 32.2. The number of sulfone groups is 1. The van der Waals surface area contributed by atoms with Crippen LogP contribution in [0.2, 0.25) is 0 Å². The largest absolute Gasteiger partial charge is 0.496 e. The molecule has 120 valence electrons. The van der Waals surface area contributed by atoms with E-state index >= 15 is 0 Å². The molecule has 0 amide bonds. The minimum atomic E-state index is -3.23. The van der Waals surface area contributed by atoms with E-state index in [0.29, 0.717) is 5.75 Å². The van der Waals surface area contributed by atoms with E-state index in [-0.39, 0.29) is 5.75 Å². The SMILES string of the molecule is CCCNCc1ccc(OC)c(CS(=O)(=O)C(C)(C)C)c1. The lowest BCUT2D eigenvalue weighted by atomic mass is 10.1. The number of hydrogen-bond acceptors (Lipinski definition) is 4. The van der Waals surface area contributed by atoms with Gasteiger partial charge < -0.3 is 10.1 Å². The Labute approximate surface area is 128 Å². The molecule has 0 fully saturated rings. The molecule has 5 heteroatoms. The van der Waals surface area contributed by atoms with Crippen LogP contribution in [0.1, 0.15) is 45.2 Å². The van der Waals surface area contributed by atoms with Crippen molar-refractivity contribution in [3.8, 4) is 5.75 Å². The van der Waals surface area contributed by atoms with Crippen molar-refractivity contribution >= 4 is 9.84 Å². The Morgan fingerprint density at radius 3 is 2.43 bits per heavy atom. The fourth-order valence-corrected chi connectivity index (χ4v) is 2.95. The van der Waals surface area contributed by atoms with Crippen molar-refractivity contribution in [1.29, 1.82) is 0 Å². The molecule has 1 aromatic carbocycles. The number of hydrogen-bond donors (Lipinski definition) is 1. The summed E-state index contributed by atoms with van der Waals surface area (Å²) in [4.78, 5) is 0. The number of ether oxygens (including phenoxy) is 1. The van der Waals surface area contributed by atoms with Crippen LogP contribution in [0.15, 0.2) is 18.2 Å². The molecule has 1 aromatic rings. The van der Waals surface area contributed by atoms with Crippen molar-refractivity contribution < 1.29 is 13.2 Å². The lowest BCUT2D eigenvalue weighted by Crippen LogP contribution is -2.29. The molecule has 1 N–H and O–H groups in total. The Kier molecular flexibility index (Phi) is 6.23. The van der Waals surface area contributed by atoms with E-state index in [1.54, 1.807) is 27.9 Å². The fourth-order valence-electron chi connectivity index (χ4n) is 1.89. The smallest absolute Gasteiger partial charge is 0.159 e. The van der Waals surface area contributed by atoms with E-state index in [2.05, 4.69) is 12.2 Å². The number of benzene rings is 1. The van der Waals surface area contributed by atoms with Gasteiger partial charge in [-0.3, -0.25) is 0 Å². The predicted octanol–water partition coefficient (Wildman–Crippen LogP) is 2.91. The van der Waals surface area contributed by atoms with E-state index in [9.17, 15) is 8.42 Å². The number of rotatable bonds is 7. The Balaban J connectivity index is 3.01. The van der Waals surface area contributed by atoms with Gasteiger partial charge in [0.25, 0.3) is 0 Å². The van der Waals surface area contributed by atoms with Gasteiger partial charge in [-0.05, 0) is 51.4 Å². The van der Waals surface area contributed by atoms with E-state index in [1.165, 1.54) is 0 Å². The molecular weight excluding hydrogens is 286 g/mol. The first kappa shape index (κ1) is 18.0. The normalized spacial score (nSPS) is 12.4. The monoisotopic (exact) mass is 313 g/mol. The third-order valence-corrected chi connectivity index (χ3v) is 5.94. The highest BCUT2D eigenvalue weighted by molar-refractivity contribution is 7.91. The van der Waals surface area contributed by atoms with Gasteiger partial charge in [-0.1, -0.05) is 13.0 Å². The Bertz CT molecular complexity index is 559. The second kappa shape index (κ2) is 7.27.